The quantitative estimate of drug-likeness (QED) is 0.784. The molecule has 2 aromatic heterocycles. The Bertz CT molecular complexity index is 792. The molecule has 2 heterocycles. The van der Waals surface area contributed by atoms with Crippen molar-refractivity contribution in [2.24, 2.45) is 0 Å². The van der Waals surface area contributed by atoms with E-state index in [0.717, 1.165) is 11.3 Å². The first-order valence-electron chi connectivity index (χ1n) is 6.44. The van der Waals surface area contributed by atoms with Gasteiger partial charge in [-0.25, -0.2) is 4.98 Å². The van der Waals surface area contributed by atoms with E-state index >= 15 is 0 Å². The fourth-order valence-corrected chi connectivity index (χ4v) is 1.98. The van der Waals surface area contributed by atoms with Crippen molar-refractivity contribution >= 4 is 16.9 Å². The molecule has 7 heteroatoms. The Hall–Kier alpha value is -2.83. The normalized spacial score (nSPS) is 10.8. The van der Waals surface area contributed by atoms with Crippen LogP contribution in [0.15, 0.2) is 28.8 Å². The molecule has 0 radical (unpaired) electrons. The molecule has 1 amide bonds. The maximum atomic E-state index is 12.1. The number of amides is 1. The minimum absolute atomic E-state index is 0.0421. The van der Waals surface area contributed by atoms with Gasteiger partial charge in [-0.15, -0.1) is 10.2 Å². The van der Waals surface area contributed by atoms with Crippen LogP contribution in [0, 0.1) is 13.8 Å². The molecule has 0 saturated carbocycles. The van der Waals surface area contributed by atoms with Gasteiger partial charge in [0.1, 0.15) is 11.3 Å². The summed E-state index contributed by atoms with van der Waals surface area (Å²) in [5.41, 5.74) is 2.90. The Labute approximate surface area is 120 Å². The number of nitrogens with one attached hydrogen (secondary N) is 1. The summed E-state index contributed by atoms with van der Waals surface area (Å²) in [5, 5.41) is 14.4. The molecule has 0 aliphatic heterocycles. The van der Waals surface area contributed by atoms with Crippen LogP contribution in [-0.2, 0) is 6.54 Å². The number of hydrogen-bond acceptors (Lipinski definition) is 6. The third-order valence-corrected chi connectivity index (χ3v) is 3.17. The number of rotatable bonds is 3. The van der Waals surface area contributed by atoms with Crippen LogP contribution < -0.4 is 5.32 Å². The van der Waals surface area contributed by atoms with Gasteiger partial charge in [0.15, 0.2) is 0 Å². The molecule has 0 aliphatic rings. The van der Waals surface area contributed by atoms with E-state index in [1.165, 1.54) is 0 Å². The molecule has 0 unspecified atom stereocenters. The monoisotopic (exact) mass is 283 g/mol. The highest BCUT2D eigenvalue weighted by molar-refractivity contribution is 5.91. The molecule has 0 fully saturated rings. The van der Waals surface area contributed by atoms with E-state index in [0.29, 0.717) is 23.3 Å². The maximum absolute atomic E-state index is 12.1. The first-order valence-corrected chi connectivity index (χ1v) is 6.44. The molecule has 21 heavy (non-hydrogen) atoms. The van der Waals surface area contributed by atoms with Crippen molar-refractivity contribution in [3.8, 4) is 0 Å². The van der Waals surface area contributed by atoms with E-state index < -0.39 is 0 Å². The van der Waals surface area contributed by atoms with E-state index in [-0.39, 0.29) is 11.7 Å². The Morgan fingerprint density at radius 3 is 2.67 bits per heavy atom. The predicted octanol–water partition coefficient (Wildman–Crippen LogP) is 1.56. The summed E-state index contributed by atoms with van der Waals surface area (Å²) in [7, 11) is 0. The van der Waals surface area contributed by atoms with Gasteiger partial charge < -0.3 is 9.84 Å². The zero-order valence-electron chi connectivity index (χ0n) is 11.6. The second-order valence-electron chi connectivity index (χ2n) is 4.61. The van der Waals surface area contributed by atoms with Gasteiger partial charge in [-0.2, -0.15) is 0 Å². The van der Waals surface area contributed by atoms with Gasteiger partial charge >= 0.3 is 0 Å². The van der Waals surface area contributed by atoms with Crippen molar-refractivity contribution in [1.82, 2.24) is 25.7 Å². The third kappa shape index (κ3) is 2.58. The lowest BCUT2D eigenvalue weighted by molar-refractivity contribution is 0.0939. The summed E-state index contributed by atoms with van der Waals surface area (Å²) in [4.78, 5) is 16.3. The van der Waals surface area contributed by atoms with Crippen LogP contribution in [0.25, 0.3) is 11.0 Å². The second-order valence-corrected chi connectivity index (χ2v) is 4.61. The van der Waals surface area contributed by atoms with Crippen molar-refractivity contribution in [3.63, 3.8) is 0 Å². The minimum atomic E-state index is -0.381. The first kappa shape index (κ1) is 13.2. The smallest absolute Gasteiger partial charge is 0.291 e. The Morgan fingerprint density at radius 1 is 1.19 bits per heavy atom. The number of aromatic nitrogens is 4. The van der Waals surface area contributed by atoms with E-state index in [9.17, 15) is 4.79 Å². The molecule has 1 aromatic carbocycles. The van der Waals surface area contributed by atoms with Crippen molar-refractivity contribution in [2.75, 3.05) is 0 Å². The topological polar surface area (TPSA) is 93.8 Å². The predicted molar refractivity (Wildman–Crippen MR) is 74.5 cm³/mol. The average molecular weight is 283 g/mol. The van der Waals surface area contributed by atoms with E-state index in [2.05, 4.69) is 25.7 Å². The van der Waals surface area contributed by atoms with Gasteiger partial charge in [0, 0.05) is 12.1 Å². The fourth-order valence-electron chi connectivity index (χ4n) is 1.98. The van der Waals surface area contributed by atoms with Crippen LogP contribution >= 0.6 is 0 Å². The second kappa shape index (κ2) is 5.28. The molecule has 3 aromatic rings. The highest BCUT2D eigenvalue weighted by Crippen LogP contribution is 2.12. The molecule has 0 bridgehead atoms. The minimum Gasteiger partial charge on any atom is -0.361 e. The van der Waals surface area contributed by atoms with Crippen LogP contribution in [0.4, 0.5) is 0 Å². The number of carbonyl (C=O) groups is 1. The molecule has 1 N–H and O–H groups in total. The van der Waals surface area contributed by atoms with Crippen LogP contribution in [0.1, 0.15) is 27.6 Å². The Kier molecular flexibility index (Phi) is 3.31. The number of carbonyl (C=O) groups excluding carboxylic acids is 1. The summed E-state index contributed by atoms with van der Waals surface area (Å²) in [6, 6.07) is 7.26. The summed E-state index contributed by atoms with van der Waals surface area (Å²) in [6.45, 7) is 3.94. The number of fused-ring (bicyclic) bond motifs is 1. The van der Waals surface area contributed by atoms with Crippen molar-refractivity contribution in [3.05, 3.63) is 47.1 Å². The van der Waals surface area contributed by atoms with Gasteiger partial charge in [-0.05, 0) is 26.0 Å². The van der Waals surface area contributed by atoms with Gasteiger partial charge in [0.25, 0.3) is 5.91 Å². The zero-order valence-corrected chi connectivity index (χ0v) is 11.6. The molecular formula is C14H13N5O2. The highest BCUT2D eigenvalue weighted by Gasteiger charge is 2.14. The maximum Gasteiger partial charge on any atom is 0.291 e. The Balaban J connectivity index is 1.78. The summed E-state index contributed by atoms with van der Waals surface area (Å²) in [5.74, 6) is 0.346. The summed E-state index contributed by atoms with van der Waals surface area (Å²) >= 11 is 0. The zero-order chi connectivity index (χ0) is 14.8. The van der Waals surface area contributed by atoms with Crippen LogP contribution in [-0.4, -0.2) is 26.2 Å². The first-order chi connectivity index (χ1) is 10.1. The molecule has 106 valence electrons. The fraction of sp³-hybridized carbons (Fsp3) is 0.214. The van der Waals surface area contributed by atoms with Gasteiger partial charge in [-0.3, -0.25) is 4.79 Å². The number of hydrogen-bond donors (Lipinski definition) is 1. The highest BCUT2D eigenvalue weighted by atomic mass is 16.5. The summed E-state index contributed by atoms with van der Waals surface area (Å²) in [6.07, 6.45) is 0. The van der Waals surface area contributed by atoms with Crippen molar-refractivity contribution in [2.45, 2.75) is 20.4 Å². The number of para-hydroxylation sites is 1. The average Bonchev–Trinajstić information content (AvgIpc) is 2.83. The van der Waals surface area contributed by atoms with Gasteiger partial charge in [0.2, 0.25) is 5.82 Å². The van der Waals surface area contributed by atoms with Crippen LogP contribution in [0.2, 0.25) is 0 Å². The number of aryl methyl sites for hydroxylation is 2. The van der Waals surface area contributed by atoms with E-state index in [1.54, 1.807) is 19.1 Å². The van der Waals surface area contributed by atoms with Crippen molar-refractivity contribution < 1.29 is 9.32 Å². The van der Waals surface area contributed by atoms with E-state index in [1.807, 2.05) is 19.1 Å². The lowest BCUT2D eigenvalue weighted by Gasteiger charge is -2.04. The summed E-state index contributed by atoms with van der Waals surface area (Å²) < 4.78 is 5.05. The molecule has 0 saturated heterocycles. The lowest BCUT2D eigenvalue weighted by atomic mass is 10.2. The van der Waals surface area contributed by atoms with Crippen LogP contribution in [0.5, 0.6) is 0 Å². The molecule has 0 aliphatic carbocycles. The van der Waals surface area contributed by atoms with E-state index in [4.69, 9.17) is 4.52 Å². The van der Waals surface area contributed by atoms with Gasteiger partial charge in [0.05, 0.1) is 11.2 Å². The number of benzene rings is 1. The molecule has 0 spiro atoms. The molecule has 0 atom stereocenters. The standard InChI is InChI=1S/C14H13N5O2/c1-8-10(9(2)21-19-8)7-15-14(20)13-16-11-5-3-4-6-12(11)17-18-13/h3-6H,7H2,1-2H3,(H,15,20). The number of nitrogens with zero attached hydrogens (tertiary/aromatic N) is 4. The largest absolute Gasteiger partial charge is 0.361 e. The molecule has 7 nitrogen and oxygen atoms in total. The van der Waals surface area contributed by atoms with Crippen LogP contribution in [0.3, 0.4) is 0 Å². The van der Waals surface area contributed by atoms with Gasteiger partial charge in [-0.1, -0.05) is 17.3 Å². The SMILES string of the molecule is Cc1noc(C)c1CNC(=O)c1nnc2ccccc2n1. The third-order valence-electron chi connectivity index (χ3n) is 3.17. The lowest BCUT2D eigenvalue weighted by Crippen LogP contribution is -2.25. The molecule has 3 rings (SSSR count). The Morgan fingerprint density at radius 2 is 1.95 bits per heavy atom. The van der Waals surface area contributed by atoms with Crippen molar-refractivity contribution in [1.29, 1.82) is 0 Å². The molecular weight excluding hydrogens is 270 g/mol.